The van der Waals surface area contributed by atoms with Crippen molar-refractivity contribution in [2.24, 2.45) is 17.0 Å². The van der Waals surface area contributed by atoms with Gasteiger partial charge in [0, 0.05) is 30.3 Å². The van der Waals surface area contributed by atoms with Crippen molar-refractivity contribution in [1.29, 1.82) is 0 Å². The zero-order chi connectivity index (χ0) is 26.6. The molecule has 2 fully saturated rings. The molecule has 8 nitrogen and oxygen atoms in total. The highest BCUT2D eigenvalue weighted by Gasteiger charge is 2.30. The molecule has 2 aromatic heterocycles. The van der Waals surface area contributed by atoms with Crippen LogP contribution in [0.25, 0.3) is 0 Å². The van der Waals surface area contributed by atoms with E-state index in [2.05, 4.69) is 20.6 Å². The SMILES string of the molecule is Cc1nc(F)ccc1/C(=N\OC(C)(C)C)C1CCC(n2ncc(NC[C@H]3CCCOC3)c(Cl)c2=O)CC1. The molecule has 0 radical (unpaired) electrons. The van der Waals surface area contributed by atoms with E-state index in [0.29, 0.717) is 23.8 Å². The van der Waals surface area contributed by atoms with Gasteiger partial charge >= 0.3 is 0 Å². The molecule has 1 saturated heterocycles. The van der Waals surface area contributed by atoms with E-state index < -0.39 is 11.5 Å². The highest BCUT2D eigenvalue weighted by atomic mass is 35.5. The van der Waals surface area contributed by atoms with Crippen LogP contribution < -0.4 is 10.9 Å². The number of rotatable bonds is 7. The summed E-state index contributed by atoms with van der Waals surface area (Å²) in [6.07, 6.45) is 6.83. The largest absolute Gasteiger partial charge is 0.390 e. The van der Waals surface area contributed by atoms with Crippen molar-refractivity contribution in [3.05, 3.63) is 50.9 Å². The second-order valence-electron chi connectivity index (χ2n) is 11.0. The maximum atomic E-state index is 13.7. The maximum absolute atomic E-state index is 13.7. The second-order valence-corrected chi connectivity index (χ2v) is 11.4. The maximum Gasteiger partial charge on any atom is 0.287 e. The van der Waals surface area contributed by atoms with Crippen LogP contribution in [0.4, 0.5) is 10.1 Å². The fourth-order valence-corrected chi connectivity index (χ4v) is 5.18. The molecule has 0 spiro atoms. The number of halogens is 2. The zero-order valence-electron chi connectivity index (χ0n) is 22.1. The minimum atomic E-state index is -0.520. The Hall–Kier alpha value is -2.52. The van der Waals surface area contributed by atoms with Gasteiger partial charge in [0.25, 0.3) is 5.56 Å². The molecule has 2 aliphatic rings. The molecule has 3 heterocycles. The fourth-order valence-electron chi connectivity index (χ4n) is 4.98. The minimum absolute atomic E-state index is 0.0562. The van der Waals surface area contributed by atoms with Gasteiger partial charge in [-0.05, 0) is 84.3 Å². The number of pyridine rings is 1. The first-order valence-electron chi connectivity index (χ1n) is 13.1. The van der Waals surface area contributed by atoms with Gasteiger partial charge in [0.1, 0.15) is 10.6 Å². The highest BCUT2D eigenvalue weighted by Crippen LogP contribution is 2.35. The summed E-state index contributed by atoms with van der Waals surface area (Å²) in [6, 6.07) is 3.01. The van der Waals surface area contributed by atoms with Crippen LogP contribution in [-0.4, -0.2) is 45.8 Å². The predicted molar refractivity (Wildman–Crippen MR) is 143 cm³/mol. The lowest BCUT2D eigenvalue weighted by molar-refractivity contribution is -0.000104. The average Bonchev–Trinajstić information content (AvgIpc) is 2.86. The first kappa shape index (κ1) is 27.5. The van der Waals surface area contributed by atoms with E-state index in [1.54, 1.807) is 19.2 Å². The third-order valence-corrected chi connectivity index (χ3v) is 7.32. The molecule has 0 aromatic carbocycles. The van der Waals surface area contributed by atoms with Crippen molar-refractivity contribution in [2.45, 2.75) is 77.9 Å². The van der Waals surface area contributed by atoms with Gasteiger partial charge in [0.15, 0.2) is 0 Å². The number of hydrogen-bond donors (Lipinski definition) is 1. The summed E-state index contributed by atoms with van der Waals surface area (Å²) in [7, 11) is 0. The molecule has 1 atom stereocenters. The monoisotopic (exact) mass is 533 g/mol. The van der Waals surface area contributed by atoms with E-state index >= 15 is 0 Å². The van der Waals surface area contributed by atoms with Crippen molar-refractivity contribution >= 4 is 23.0 Å². The van der Waals surface area contributed by atoms with Gasteiger partial charge in [-0.25, -0.2) is 9.67 Å². The van der Waals surface area contributed by atoms with Crippen molar-refractivity contribution < 1.29 is 14.0 Å². The van der Waals surface area contributed by atoms with Crippen molar-refractivity contribution in [1.82, 2.24) is 14.8 Å². The van der Waals surface area contributed by atoms with Gasteiger partial charge in [-0.15, -0.1) is 0 Å². The molecule has 1 N–H and O–H groups in total. The summed E-state index contributed by atoms with van der Waals surface area (Å²) in [6.45, 7) is 9.82. The number of hydrogen-bond acceptors (Lipinski definition) is 7. The molecule has 0 amide bonds. The van der Waals surface area contributed by atoms with Gasteiger partial charge in [-0.3, -0.25) is 4.79 Å². The Kier molecular flexibility index (Phi) is 8.85. The van der Waals surface area contributed by atoms with E-state index in [0.717, 1.165) is 63.0 Å². The normalized spacial score (nSPS) is 23.1. The molecule has 10 heteroatoms. The minimum Gasteiger partial charge on any atom is -0.390 e. The quantitative estimate of drug-likeness (QED) is 0.286. The number of nitrogens with one attached hydrogen (secondary N) is 1. The fraction of sp³-hybridized carbons (Fsp3) is 0.630. The molecule has 1 saturated carbocycles. The standard InChI is InChI=1S/C27H37ClFN5O3/c1-17-21(11-12-23(29)32-17)25(33-37-27(2,3)4)19-7-9-20(10-8-19)34-26(35)24(28)22(15-31-34)30-14-18-6-5-13-36-16-18/h11-12,15,18-20,30H,5-10,13-14,16H2,1-4H3/b33-25-/t18-,19?,20?/m1/s1. The molecule has 0 bridgehead atoms. The van der Waals surface area contributed by atoms with Crippen LogP contribution >= 0.6 is 11.6 Å². The molecule has 1 aliphatic carbocycles. The van der Waals surface area contributed by atoms with E-state index in [1.807, 2.05) is 20.8 Å². The summed E-state index contributed by atoms with van der Waals surface area (Å²) in [5.74, 6) is -0.0247. The molecular formula is C27H37ClFN5O3. The summed E-state index contributed by atoms with van der Waals surface area (Å²) < 4.78 is 20.7. The molecule has 4 rings (SSSR count). The molecule has 1 aliphatic heterocycles. The number of aromatic nitrogens is 3. The lowest BCUT2D eigenvalue weighted by Gasteiger charge is -2.30. The Morgan fingerprint density at radius 1 is 1.27 bits per heavy atom. The van der Waals surface area contributed by atoms with Gasteiger partial charge in [-0.1, -0.05) is 16.8 Å². The Labute approximate surface area is 222 Å². The third kappa shape index (κ3) is 7.08. The average molecular weight is 534 g/mol. The summed E-state index contributed by atoms with van der Waals surface area (Å²) in [4.78, 5) is 22.8. The Bertz CT molecular complexity index is 1170. The van der Waals surface area contributed by atoms with Crippen LogP contribution in [0.15, 0.2) is 28.3 Å². The summed E-state index contributed by atoms with van der Waals surface area (Å²) in [5.41, 5.74) is 1.95. The Balaban J connectivity index is 1.46. The Morgan fingerprint density at radius 3 is 2.68 bits per heavy atom. The lowest BCUT2D eigenvalue weighted by atomic mass is 9.81. The van der Waals surface area contributed by atoms with Crippen LogP contribution in [0.5, 0.6) is 0 Å². The summed E-state index contributed by atoms with van der Waals surface area (Å²) >= 11 is 6.47. The van der Waals surface area contributed by atoms with Gasteiger partial charge in [0.2, 0.25) is 5.95 Å². The number of oxime groups is 1. The number of aryl methyl sites for hydroxylation is 1. The summed E-state index contributed by atoms with van der Waals surface area (Å²) in [5, 5.41) is 12.4. The van der Waals surface area contributed by atoms with E-state index in [1.165, 1.54) is 10.7 Å². The number of nitrogens with zero attached hydrogens (tertiary/aromatic N) is 4. The van der Waals surface area contributed by atoms with Crippen molar-refractivity contribution in [3.8, 4) is 0 Å². The smallest absolute Gasteiger partial charge is 0.287 e. The number of anilines is 1. The molecular weight excluding hydrogens is 497 g/mol. The van der Waals surface area contributed by atoms with Gasteiger partial charge < -0.3 is 14.9 Å². The van der Waals surface area contributed by atoms with E-state index in [9.17, 15) is 9.18 Å². The zero-order valence-corrected chi connectivity index (χ0v) is 22.9. The predicted octanol–water partition coefficient (Wildman–Crippen LogP) is 5.53. The first-order valence-corrected chi connectivity index (χ1v) is 13.5. The van der Waals surface area contributed by atoms with Crippen LogP contribution in [0.1, 0.15) is 76.6 Å². The van der Waals surface area contributed by atoms with Gasteiger partial charge in [-0.2, -0.15) is 9.49 Å². The lowest BCUT2D eigenvalue weighted by Crippen LogP contribution is -2.33. The molecule has 0 unspecified atom stereocenters. The second kappa shape index (κ2) is 11.9. The van der Waals surface area contributed by atoms with Crippen molar-refractivity contribution in [3.63, 3.8) is 0 Å². The van der Waals surface area contributed by atoms with Crippen LogP contribution in [0.3, 0.4) is 0 Å². The number of ether oxygens (including phenoxy) is 1. The first-order chi connectivity index (χ1) is 17.6. The Morgan fingerprint density at radius 2 is 2.03 bits per heavy atom. The highest BCUT2D eigenvalue weighted by molar-refractivity contribution is 6.32. The van der Waals surface area contributed by atoms with E-state index in [4.69, 9.17) is 21.2 Å². The topological polar surface area (TPSA) is 90.6 Å². The molecule has 37 heavy (non-hydrogen) atoms. The van der Waals surface area contributed by atoms with Crippen LogP contribution in [-0.2, 0) is 9.57 Å². The van der Waals surface area contributed by atoms with E-state index in [-0.39, 0.29) is 22.5 Å². The van der Waals surface area contributed by atoms with Crippen LogP contribution in [0.2, 0.25) is 5.02 Å². The van der Waals surface area contributed by atoms with Gasteiger partial charge in [0.05, 0.1) is 30.2 Å². The third-order valence-electron chi connectivity index (χ3n) is 6.95. The molecule has 2 aromatic rings. The molecule has 202 valence electrons. The van der Waals surface area contributed by atoms with Crippen molar-refractivity contribution in [2.75, 3.05) is 25.1 Å². The van der Waals surface area contributed by atoms with Crippen LogP contribution in [0, 0.1) is 24.7 Å².